The van der Waals surface area contributed by atoms with E-state index in [-0.39, 0.29) is 39.0 Å². The van der Waals surface area contributed by atoms with Crippen LogP contribution < -0.4 is 9.47 Å². The maximum Gasteiger partial charge on any atom is 0.325 e. The van der Waals surface area contributed by atoms with Crippen molar-refractivity contribution in [3.63, 3.8) is 0 Å². The number of methoxy groups -OCH3 is 4. The van der Waals surface area contributed by atoms with Gasteiger partial charge < -0.3 is 18.9 Å². The molecule has 2 atom stereocenters. The molecule has 4 rings (SSSR count). The summed E-state index contributed by atoms with van der Waals surface area (Å²) in [6, 6.07) is 29.5. The van der Waals surface area contributed by atoms with Crippen molar-refractivity contribution in [2.24, 2.45) is 0 Å². The predicted molar refractivity (Wildman–Crippen MR) is 226 cm³/mol. The average molecular weight is 835 g/mol. The van der Waals surface area contributed by atoms with Crippen LogP contribution in [0.15, 0.2) is 122 Å². The molecular weight excluding hydrogens is 781 g/mol. The second kappa shape index (κ2) is 22.6. The summed E-state index contributed by atoms with van der Waals surface area (Å²) in [4.78, 5) is 24.4. The van der Waals surface area contributed by atoms with Gasteiger partial charge in [0.15, 0.2) is 10.5 Å². The van der Waals surface area contributed by atoms with Gasteiger partial charge in [-0.05, 0) is 73.2 Å². The summed E-state index contributed by atoms with van der Waals surface area (Å²) in [5.74, 6) is -0.233. The molecule has 0 fully saturated rings. The van der Waals surface area contributed by atoms with Gasteiger partial charge in [-0.2, -0.15) is 8.61 Å². The highest BCUT2D eigenvalue weighted by molar-refractivity contribution is 7.90. The van der Waals surface area contributed by atoms with Gasteiger partial charge in [-0.15, -0.1) is 13.2 Å². The first kappa shape index (κ1) is 47.1. The fourth-order valence-corrected chi connectivity index (χ4v) is 9.21. The van der Waals surface area contributed by atoms with Gasteiger partial charge in [-0.25, -0.2) is 16.8 Å². The van der Waals surface area contributed by atoms with E-state index in [1.165, 1.54) is 35.0 Å². The van der Waals surface area contributed by atoms with Crippen molar-refractivity contribution in [2.75, 3.05) is 28.4 Å². The molecule has 14 heteroatoms. The zero-order valence-corrected chi connectivity index (χ0v) is 35.6. The minimum absolute atomic E-state index is 0.0258. The zero-order chi connectivity index (χ0) is 42.9. The van der Waals surface area contributed by atoms with E-state index >= 15 is 0 Å². The molecule has 0 amide bonds. The van der Waals surface area contributed by atoms with Crippen molar-refractivity contribution >= 4 is 32.0 Å². The lowest BCUT2D eigenvalue weighted by Gasteiger charge is -2.26. The Hall–Kier alpha value is -5.28. The molecule has 312 valence electrons. The molecule has 0 saturated heterocycles. The molecule has 0 heterocycles. The Bertz CT molecular complexity index is 2000. The minimum atomic E-state index is -4.00. The van der Waals surface area contributed by atoms with E-state index in [0.717, 1.165) is 33.4 Å². The third kappa shape index (κ3) is 13.4. The summed E-state index contributed by atoms with van der Waals surface area (Å²) < 4.78 is 75.9. The number of ether oxygens (including phenoxy) is 4. The van der Waals surface area contributed by atoms with Gasteiger partial charge in [0.2, 0.25) is 20.0 Å². The monoisotopic (exact) mass is 834 g/mol. The molecule has 12 nitrogen and oxygen atoms in total. The van der Waals surface area contributed by atoms with E-state index in [1.807, 2.05) is 62.4 Å². The Morgan fingerprint density at radius 1 is 0.517 bits per heavy atom. The molecule has 0 aliphatic rings. The quantitative estimate of drug-likeness (QED) is 0.0681. The second-order valence-electron chi connectivity index (χ2n) is 13.4. The number of hydrogen-bond acceptors (Lipinski definition) is 10. The van der Waals surface area contributed by atoms with Crippen LogP contribution in [-0.4, -0.2) is 76.3 Å². The van der Waals surface area contributed by atoms with Gasteiger partial charge >= 0.3 is 11.9 Å². The Morgan fingerprint density at radius 3 is 1.00 bits per heavy atom. The molecule has 0 aromatic heterocycles. The first-order valence-electron chi connectivity index (χ1n) is 18.4. The Morgan fingerprint density at radius 2 is 0.776 bits per heavy atom. The first-order valence-corrected chi connectivity index (χ1v) is 21.4. The van der Waals surface area contributed by atoms with E-state index in [2.05, 4.69) is 13.2 Å². The molecule has 0 N–H and O–H groups in total. The maximum absolute atomic E-state index is 13.4. The van der Waals surface area contributed by atoms with Crippen molar-refractivity contribution in [1.82, 2.24) is 8.61 Å². The van der Waals surface area contributed by atoms with Gasteiger partial charge in [0.05, 0.1) is 28.4 Å². The predicted octanol–water partition coefficient (Wildman–Crippen LogP) is 6.91. The number of nitrogens with zero attached hydrogens (tertiary/aromatic N) is 2. The Labute approximate surface area is 343 Å². The van der Waals surface area contributed by atoms with Crippen LogP contribution in [0.4, 0.5) is 0 Å². The number of carbonyl (C=O) groups excluding carboxylic acids is 2. The Balaban J connectivity index is 0.000000310. The van der Waals surface area contributed by atoms with Crippen LogP contribution in [0.1, 0.15) is 46.2 Å². The van der Waals surface area contributed by atoms with Gasteiger partial charge in [0.1, 0.15) is 11.5 Å². The second-order valence-corrected chi connectivity index (χ2v) is 17.6. The minimum Gasteiger partial charge on any atom is -0.497 e. The van der Waals surface area contributed by atoms with Gasteiger partial charge in [0, 0.05) is 26.2 Å². The van der Waals surface area contributed by atoms with Gasteiger partial charge in [0.25, 0.3) is 0 Å². The molecule has 0 saturated carbocycles. The molecule has 0 aliphatic carbocycles. The molecule has 0 radical (unpaired) electrons. The van der Waals surface area contributed by atoms with Gasteiger partial charge in [-0.1, -0.05) is 96.1 Å². The van der Waals surface area contributed by atoms with Crippen LogP contribution in [-0.2, 0) is 65.3 Å². The molecule has 4 aromatic rings. The molecule has 0 bridgehead atoms. The summed E-state index contributed by atoms with van der Waals surface area (Å²) in [6.45, 7) is 11.6. The third-order valence-electron chi connectivity index (χ3n) is 9.12. The fourth-order valence-electron chi connectivity index (χ4n) is 5.74. The molecule has 4 aromatic carbocycles. The number of sulfonamides is 2. The standard InChI is InChI=1S/2C22H27NO5S/c2*1-5-6-21(22(24)28-4)29(25,26)23(15-18-9-7-17(2)8-10-18)16-19-11-13-20(27-3)14-12-19/h2*5,7-14,21H,1,6,15-16H2,2-4H3/t2*21-/m10/s1. The van der Waals surface area contributed by atoms with Crippen LogP contribution in [0.5, 0.6) is 11.5 Å². The lowest BCUT2D eigenvalue weighted by atomic mass is 10.1. The Kier molecular flexibility index (Phi) is 18.4. The third-order valence-corrected chi connectivity index (χ3v) is 13.3. The highest BCUT2D eigenvalue weighted by Gasteiger charge is 2.39. The van der Waals surface area contributed by atoms with Gasteiger partial charge in [-0.3, -0.25) is 9.59 Å². The number of esters is 2. The van der Waals surface area contributed by atoms with Crippen molar-refractivity contribution in [1.29, 1.82) is 0 Å². The fraction of sp³-hybridized carbons (Fsp3) is 0.318. The van der Waals surface area contributed by atoms with Crippen molar-refractivity contribution in [2.45, 2.75) is 63.4 Å². The summed E-state index contributed by atoms with van der Waals surface area (Å²) in [7, 11) is -2.50. The van der Waals surface area contributed by atoms with Crippen LogP contribution in [0.3, 0.4) is 0 Å². The molecular formula is C44H54N2O10S2. The number of carbonyl (C=O) groups is 2. The van der Waals surface area contributed by atoms with Crippen molar-refractivity contribution in [3.05, 3.63) is 156 Å². The van der Waals surface area contributed by atoms with Crippen molar-refractivity contribution < 1.29 is 45.4 Å². The lowest BCUT2D eigenvalue weighted by Crippen LogP contribution is -2.42. The number of aryl methyl sites for hydroxylation is 2. The summed E-state index contributed by atoms with van der Waals surface area (Å²) >= 11 is 0. The van der Waals surface area contributed by atoms with E-state index < -0.39 is 42.5 Å². The summed E-state index contributed by atoms with van der Waals surface area (Å²) in [5.41, 5.74) is 5.38. The number of rotatable bonds is 20. The lowest BCUT2D eigenvalue weighted by molar-refractivity contribution is -0.141. The highest BCUT2D eigenvalue weighted by Crippen LogP contribution is 2.24. The van der Waals surface area contributed by atoms with E-state index in [0.29, 0.717) is 11.5 Å². The van der Waals surface area contributed by atoms with E-state index in [1.54, 1.807) is 62.8 Å². The highest BCUT2D eigenvalue weighted by atomic mass is 32.2. The van der Waals surface area contributed by atoms with Crippen LogP contribution in [0.25, 0.3) is 0 Å². The smallest absolute Gasteiger partial charge is 0.325 e. The largest absolute Gasteiger partial charge is 0.497 e. The molecule has 0 spiro atoms. The zero-order valence-electron chi connectivity index (χ0n) is 34.0. The number of allylic oxidation sites excluding steroid dienone is 2. The van der Waals surface area contributed by atoms with Crippen LogP contribution in [0, 0.1) is 13.8 Å². The molecule has 0 unspecified atom stereocenters. The topological polar surface area (TPSA) is 146 Å². The van der Waals surface area contributed by atoms with E-state index in [9.17, 15) is 26.4 Å². The van der Waals surface area contributed by atoms with Crippen molar-refractivity contribution in [3.8, 4) is 11.5 Å². The molecule has 58 heavy (non-hydrogen) atoms. The summed E-state index contributed by atoms with van der Waals surface area (Å²) in [5, 5.41) is -2.68. The number of hydrogen-bond donors (Lipinski definition) is 0. The average Bonchev–Trinajstić information content (AvgIpc) is 3.23. The van der Waals surface area contributed by atoms with Crippen LogP contribution in [0.2, 0.25) is 0 Å². The normalized spacial score (nSPS) is 12.4. The SMILES string of the molecule is C=CC[C@@H](C(=O)OC)S(=O)(=O)N(Cc1ccc(C)cc1)Cc1ccc(OC)cc1.C=CC[C@H](C(=O)OC)S(=O)(=O)N(Cc1ccc(C)cc1)Cc1ccc(OC)cc1. The molecule has 0 aliphatic heterocycles. The summed E-state index contributed by atoms with van der Waals surface area (Å²) in [6.07, 6.45) is 2.77. The van der Waals surface area contributed by atoms with Crippen LogP contribution >= 0.6 is 0 Å². The first-order chi connectivity index (χ1) is 27.6. The van der Waals surface area contributed by atoms with E-state index in [4.69, 9.17) is 18.9 Å². The maximum atomic E-state index is 13.4. The number of benzene rings is 4.